The average Bonchev–Trinajstić information content (AvgIpc) is 3.18. The molecule has 0 aliphatic rings. The lowest BCUT2D eigenvalue weighted by atomic mass is 10.2. The Bertz CT molecular complexity index is 960. The second-order valence-corrected chi connectivity index (χ2v) is 6.45. The van der Waals surface area contributed by atoms with Crippen LogP contribution in [0.1, 0.15) is 24.7 Å². The molecule has 2 heterocycles. The number of methoxy groups -OCH3 is 2. The number of nitrogens with one attached hydrogen (secondary N) is 2. The third kappa shape index (κ3) is 6.22. The Hall–Kier alpha value is -2.56. The third-order valence-corrected chi connectivity index (χ3v) is 4.50. The number of rotatable bonds is 9. The first-order valence-electron chi connectivity index (χ1n) is 9.77. The van der Waals surface area contributed by atoms with E-state index in [1.165, 1.54) is 0 Å². The number of nitrogens with zero attached hydrogens (tertiary/aromatic N) is 4. The minimum atomic E-state index is 0. The van der Waals surface area contributed by atoms with E-state index in [4.69, 9.17) is 9.47 Å². The number of aromatic nitrogens is 3. The molecule has 0 bridgehead atoms. The molecular formula is C21H29IN6O2. The van der Waals surface area contributed by atoms with E-state index in [0.717, 1.165) is 60.4 Å². The summed E-state index contributed by atoms with van der Waals surface area (Å²) in [5, 5.41) is 15.1. The molecule has 3 rings (SSSR count). The van der Waals surface area contributed by atoms with E-state index in [1.807, 2.05) is 53.9 Å². The minimum Gasteiger partial charge on any atom is -0.497 e. The van der Waals surface area contributed by atoms with Crippen LogP contribution in [0.4, 0.5) is 0 Å². The summed E-state index contributed by atoms with van der Waals surface area (Å²) < 4.78 is 12.7. The van der Waals surface area contributed by atoms with Gasteiger partial charge in [-0.3, -0.25) is 4.40 Å². The number of halogens is 1. The lowest BCUT2D eigenvalue weighted by Gasteiger charge is -2.12. The lowest BCUT2D eigenvalue weighted by Crippen LogP contribution is -2.37. The number of ether oxygens (including phenoxy) is 2. The molecule has 2 aromatic heterocycles. The number of pyridine rings is 1. The van der Waals surface area contributed by atoms with E-state index < -0.39 is 0 Å². The second kappa shape index (κ2) is 12.2. The molecule has 0 atom stereocenters. The zero-order valence-corrected chi connectivity index (χ0v) is 19.9. The third-order valence-electron chi connectivity index (χ3n) is 4.50. The van der Waals surface area contributed by atoms with Crippen molar-refractivity contribution in [3.05, 3.63) is 54.0 Å². The molecular weight excluding hydrogens is 495 g/mol. The van der Waals surface area contributed by atoms with Crippen molar-refractivity contribution in [2.24, 2.45) is 4.99 Å². The average molecular weight is 524 g/mol. The molecule has 0 amide bonds. The monoisotopic (exact) mass is 524 g/mol. The summed E-state index contributed by atoms with van der Waals surface area (Å²) in [6.07, 6.45) is 3.75. The van der Waals surface area contributed by atoms with Crippen LogP contribution >= 0.6 is 24.0 Å². The fraction of sp³-hybridized carbons (Fsp3) is 0.381. The summed E-state index contributed by atoms with van der Waals surface area (Å²) in [5.74, 6) is 3.27. The van der Waals surface area contributed by atoms with Crippen LogP contribution in [0.2, 0.25) is 0 Å². The first-order chi connectivity index (χ1) is 14.2. The van der Waals surface area contributed by atoms with E-state index >= 15 is 0 Å². The van der Waals surface area contributed by atoms with Gasteiger partial charge in [0.05, 0.1) is 20.8 Å². The Morgan fingerprint density at radius 1 is 1.10 bits per heavy atom. The summed E-state index contributed by atoms with van der Waals surface area (Å²) in [5.41, 5.74) is 1.87. The molecule has 0 saturated heterocycles. The van der Waals surface area contributed by atoms with Gasteiger partial charge in [-0.15, -0.1) is 34.2 Å². The number of benzene rings is 1. The number of hydrogen-bond acceptors (Lipinski definition) is 5. The highest BCUT2D eigenvalue weighted by molar-refractivity contribution is 14.0. The molecule has 0 fully saturated rings. The van der Waals surface area contributed by atoms with E-state index in [-0.39, 0.29) is 24.0 Å². The molecule has 162 valence electrons. The van der Waals surface area contributed by atoms with Crippen molar-refractivity contribution in [3.63, 3.8) is 0 Å². The Balaban J connectivity index is 0.00000320. The number of guanidine groups is 1. The maximum absolute atomic E-state index is 5.45. The van der Waals surface area contributed by atoms with Crippen LogP contribution < -0.4 is 20.1 Å². The molecule has 30 heavy (non-hydrogen) atoms. The highest BCUT2D eigenvalue weighted by Crippen LogP contribution is 2.25. The fourth-order valence-corrected chi connectivity index (χ4v) is 3.00. The first-order valence-corrected chi connectivity index (χ1v) is 9.77. The van der Waals surface area contributed by atoms with Crippen LogP contribution in [0.15, 0.2) is 47.6 Å². The van der Waals surface area contributed by atoms with Gasteiger partial charge in [-0.1, -0.05) is 6.07 Å². The molecule has 0 aliphatic carbocycles. The lowest BCUT2D eigenvalue weighted by molar-refractivity contribution is 0.391. The molecule has 0 spiro atoms. The van der Waals surface area contributed by atoms with Gasteiger partial charge >= 0.3 is 0 Å². The molecule has 9 heteroatoms. The maximum Gasteiger partial charge on any atom is 0.191 e. The Labute approximate surface area is 194 Å². The van der Waals surface area contributed by atoms with Gasteiger partial charge in [0.2, 0.25) is 0 Å². The molecule has 1 aromatic carbocycles. The van der Waals surface area contributed by atoms with Crippen molar-refractivity contribution < 1.29 is 9.47 Å². The van der Waals surface area contributed by atoms with E-state index in [1.54, 1.807) is 14.2 Å². The van der Waals surface area contributed by atoms with Gasteiger partial charge in [0, 0.05) is 37.3 Å². The Morgan fingerprint density at radius 3 is 2.73 bits per heavy atom. The number of hydrogen-bond donors (Lipinski definition) is 2. The highest BCUT2D eigenvalue weighted by Gasteiger charge is 2.07. The first kappa shape index (κ1) is 23.7. The zero-order valence-electron chi connectivity index (χ0n) is 17.6. The normalized spacial score (nSPS) is 11.1. The summed E-state index contributed by atoms with van der Waals surface area (Å²) >= 11 is 0. The van der Waals surface area contributed by atoms with Crippen LogP contribution in [-0.2, 0) is 13.0 Å². The van der Waals surface area contributed by atoms with Crippen molar-refractivity contribution in [2.45, 2.75) is 26.3 Å². The topological polar surface area (TPSA) is 85.1 Å². The van der Waals surface area contributed by atoms with Gasteiger partial charge in [-0.25, -0.2) is 4.99 Å². The van der Waals surface area contributed by atoms with Crippen LogP contribution in [-0.4, -0.2) is 47.9 Å². The Morgan fingerprint density at radius 2 is 1.97 bits per heavy atom. The molecule has 0 radical (unpaired) electrons. The van der Waals surface area contributed by atoms with Gasteiger partial charge in [0.25, 0.3) is 0 Å². The number of aryl methyl sites for hydroxylation is 1. The van der Waals surface area contributed by atoms with Gasteiger partial charge in [0.15, 0.2) is 11.6 Å². The van der Waals surface area contributed by atoms with Crippen molar-refractivity contribution in [1.29, 1.82) is 0 Å². The van der Waals surface area contributed by atoms with Crippen molar-refractivity contribution in [2.75, 3.05) is 27.3 Å². The van der Waals surface area contributed by atoms with Crippen LogP contribution in [0.25, 0.3) is 5.65 Å². The molecule has 2 N–H and O–H groups in total. The number of fused-ring (bicyclic) bond motifs is 1. The van der Waals surface area contributed by atoms with Gasteiger partial charge in [0.1, 0.15) is 17.3 Å². The largest absolute Gasteiger partial charge is 0.497 e. The highest BCUT2D eigenvalue weighted by atomic mass is 127. The van der Waals surface area contributed by atoms with Crippen molar-refractivity contribution in [1.82, 2.24) is 25.2 Å². The summed E-state index contributed by atoms with van der Waals surface area (Å²) in [6.45, 7) is 4.14. The van der Waals surface area contributed by atoms with Gasteiger partial charge in [-0.05, 0) is 37.6 Å². The molecule has 0 saturated carbocycles. The van der Waals surface area contributed by atoms with Crippen LogP contribution in [0, 0.1) is 0 Å². The van der Waals surface area contributed by atoms with Crippen LogP contribution in [0.5, 0.6) is 11.5 Å². The van der Waals surface area contributed by atoms with Gasteiger partial charge in [-0.2, -0.15) is 0 Å². The summed E-state index contributed by atoms with van der Waals surface area (Å²) in [6, 6.07) is 11.7. The van der Waals surface area contributed by atoms with Crippen molar-refractivity contribution in [3.8, 4) is 11.5 Å². The molecule has 0 unspecified atom stereocenters. The minimum absolute atomic E-state index is 0. The second-order valence-electron chi connectivity index (χ2n) is 6.45. The zero-order chi connectivity index (χ0) is 20.5. The Kier molecular flexibility index (Phi) is 9.65. The number of aliphatic imine (C=N–C) groups is 1. The van der Waals surface area contributed by atoms with Crippen molar-refractivity contribution >= 4 is 35.6 Å². The van der Waals surface area contributed by atoms with E-state index in [2.05, 4.69) is 25.8 Å². The van der Waals surface area contributed by atoms with Gasteiger partial charge < -0.3 is 20.1 Å². The fourth-order valence-electron chi connectivity index (χ4n) is 3.00. The standard InChI is InChI=1S/C21H28N6O2.HI/c1-4-22-21(24-15-16-10-11-17(28-2)14-18(16)29-3)23-12-7-9-20-26-25-19-8-5-6-13-27(19)20;/h5-6,8,10-11,13-14H,4,7,9,12,15H2,1-3H3,(H2,22,23,24);1H. The molecule has 0 aliphatic heterocycles. The predicted molar refractivity (Wildman–Crippen MR) is 129 cm³/mol. The SMILES string of the molecule is CCNC(=NCc1ccc(OC)cc1OC)NCCCc1nnc2ccccn12.I. The van der Waals surface area contributed by atoms with E-state index in [9.17, 15) is 0 Å². The predicted octanol–water partition coefficient (Wildman–Crippen LogP) is 3.05. The quantitative estimate of drug-likeness (QED) is 0.194. The summed E-state index contributed by atoms with van der Waals surface area (Å²) in [4.78, 5) is 4.67. The van der Waals surface area contributed by atoms with Crippen LogP contribution in [0.3, 0.4) is 0 Å². The maximum atomic E-state index is 5.45. The smallest absolute Gasteiger partial charge is 0.191 e. The van der Waals surface area contributed by atoms with E-state index in [0.29, 0.717) is 6.54 Å². The summed E-state index contributed by atoms with van der Waals surface area (Å²) in [7, 11) is 3.29. The molecule has 8 nitrogen and oxygen atoms in total. The molecule has 3 aromatic rings.